The third-order valence-electron chi connectivity index (χ3n) is 5.70. The summed E-state index contributed by atoms with van der Waals surface area (Å²) >= 11 is 0. The summed E-state index contributed by atoms with van der Waals surface area (Å²) in [5, 5.41) is -0.173. The minimum atomic E-state index is -2.34. The summed E-state index contributed by atoms with van der Waals surface area (Å²) in [7, 11) is -2.34. The molecule has 1 aliphatic rings. The van der Waals surface area contributed by atoms with Crippen LogP contribution in [0.1, 0.15) is 59.1 Å². The Morgan fingerprint density at radius 3 is 2.44 bits per heavy atom. The first kappa shape index (κ1) is 21.9. The fourth-order valence-corrected chi connectivity index (χ4v) is 4.38. The van der Waals surface area contributed by atoms with Crippen LogP contribution in [0, 0.1) is 11.7 Å². The van der Waals surface area contributed by atoms with Gasteiger partial charge >= 0.3 is 6.09 Å². The van der Waals surface area contributed by atoms with Gasteiger partial charge in [-0.1, -0.05) is 26.0 Å². The van der Waals surface area contributed by atoms with Crippen molar-refractivity contribution in [3.63, 3.8) is 0 Å². The van der Waals surface area contributed by atoms with Gasteiger partial charge < -0.3 is 14.4 Å². The molecule has 4 nitrogen and oxygen atoms in total. The van der Waals surface area contributed by atoms with Gasteiger partial charge in [-0.2, -0.15) is 0 Å². The lowest BCUT2D eigenvalue weighted by Crippen LogP contribution is -2.41. The zero-order valence-electron chi connectivity index (χ0n) is 17.7. The summed E-state index contributed by atoms with van der Waals surface area (Å²) in [6, 6.07) is 6.25. The zero-order chi connectivity index (χ0) is 20.6. The molecule has 27 heavy (non-hydrogen) atoms. The van der Waals surface area contributed by atoms with Gasteiger partial charge in [-0.25, -0.2) is 9.18 Å². The van der Waals surface area contributed by atoms with Gasteiger partial charge in [0.1, 0.15) is 11.4 Å². The van der Waals surface area contributed by atoms with E-state index in [0.29, 0.717) is 6.54 Å². The topological polar surface area (TPSA) is 49.8 Å². The predicted octanol–water partition coefficient (Wildman–Crippen LogP) is 5.49. The molecule has 6 heteroatoms. The lowest BCUT2D eigenvalue weighted by molar-refractivity contribution is 0.0218. The van der Waals surface area contributed by atoms with E-state index in [1.807, 2.05) is 39.9 Å². The van der Waals surface area contributed by atoms with Crippen LogP contribution in [-0.4, -0.2) is 36.3 Å². The van der Waals surface area contributed by atoms with E-state index in [1.54, 1.807) is 11.0 Å². The van der Waals surface area contributed by atoms with Crippen LogP contribution in [0.5, 0.6) is 0 Å². The van der Waals surface area contributed by atoms with Crippen molar-refractivity contribution in [2.24, 2.45) is 5.92 Å². The maximum Gasteiger partial charge on any atom is 0.410 e. The first-order valence-electron chi connectivity index (χ1n) is 9.67. The Labute approximate surface area is 163 Å². The molecule has 1 amide bonds. The Morgan fingerprint density at radius 1 is 1.30 bits per heavy atom. The average Bonchev–Trinajstić information content (AvgIpc) is 2.87. The van der Waals surface area contributed by atoms with Crippen LogP contribution in [0.25, 0.3) is 0 Å². The number of nitrogens with zero attached hydrogens (tertiary/aromatic N) is 1. The highest BCUT2D eigenvalue weighted by atomic mass is 28.4. The molecule has 152 valence electrons. The highest BCUT2D eigenvalue weighted by molar-refractivity contribution is 6.72. The number of carbonyl (C=O) groups excluding carboxylic acids is 1. The van der Waals surface area contributed by atoms with Crippen LogP contribution in [0.2, 0.25) is 18.1 Å². The third-order valence-corrected chi connectivity index (χ3v) is 9.22. The first-order chi connectivity index (χ1) is 12.2. The molecule has 1 unspecified atom stereocenters. The summed E-state index contributed by atoms with van der Waals surface area (Å²) in [5.41, 5.74) is 0.211. The van der Waals surface area contributed by atoms with Crippen LogP contribution in [0.3, 0.4) is 0 Å². The van der Waals surface area contributed by atoms with Gasteiger partial charge in [0.05, 0.1) is 6.04 Å². The molecule has 0 bridgehead atoms. The fraction of sp³-hybridized carbons (Fsp3) is 0.667. The Hall–Kier alpha value is -1.40. The van der Waals surface area contributed by atoms with E-state index >= 15 is 0 Å². The number of halogens is 1. The van der Waals surface area contributed by atoms with E-state index in [0.717, 1.165) is 18.4 Å². The first-order valence-corrected chi connectivity index (χ1v) is 12.6. The lowest BCUT2D eigenvalue weighted by atomic mass is 9.92. The minimum Gasteiger partial charge on any atom is -0.444 e. The van der Waals surface area contributed by atoms with Gasteiger partial charge in [0, 0.05) is 6.54 Å². The smallest absolute Gasteiger partial charge is 0.410 e. The van der Waals surface area contributed by atoms with Gasteiger partial charge in [0.15, 0.2) is 8.32 Å². The fourth-order valence-electron chi connectivity index (χ4n) is 3.59. The summed E-state index contributed by atoms with van der Waals surface area (Å²) in [6.07, 6.45) is 1.21. The third kappa shape index (κ3) is 5.54. The summed E-state index contributed by atoms with van der Waals surface area (Å²) in [6.45, 7) is 14.2. The molecule has 2 rings (SSSR count). The van der Waals surface area contributed by atoms with E-state index < -0.39 is 13.9 Å². The van der Waals surface area contributed by atoms with Gasteiger partial charge in [-0.3, -0.25) is 0 Å². The van der Waals surface area contributed by atoms with Gasteiger partial charge in [-0.05, 0) is 75.4 Å². The highest BCUT2D eigenvalue weighted by Gasteiger charge is 2.44. The van der Waals surface area contributed by atoms with Crippen LogP contribution in [0.4, 0.5) is 9.18 Å². The molecule has 1 fully saturated rings. The molecule has 0 spiro atoms. The number of ether oxygens (including phenoxy) is 1. The zero-order valence-corrected chi connectivity index (χ0v) is 18.7. The molecule has 0 saturated carbocycles. The normalized spacial score (nSPS) is 21.4. The van der Waals surface area contributed by atoms with Crippen molar-refractivity contribution in [3.8, 4) is 0 Å². The average molecular weight is 396 g/mol. The standard InChI is InChI=1S/C21H34FNO3Si/c1-20(2,3)26-19(24)23-14-15(13-21(4,5)27(6,7)25)11-18(23)16-9-8-10-17(22)12-16/h8-10,12,15,18,25H,11,13-14H2,1-7H3/t15-,18?/m0/s1. The second-order valence-electron chi connectivity index (χ2n) is 9.95. The van der Waals surface area contributed by atoms with Crippen molar-refractivity contribution in [2.45, 2.75) is 77.2 Å². The van der Waals surface area contributed by atoms with Crippen molar-refractivity contribution in [1.82, 2.24) is 4.90 Å². The molecule has 0 aliphatic carbocycles. The maximum atomic E-state index is 13.8. The second kappa shape index (κ2) is 7.55. The van der Waals surface area contributed by atoms with E-state index in [1.165, 1.54) is 12.1 Å². The molecule has 1 aliphatic heterocycles. The van der Waals surface area contributed by atoms with E-state index in [4.69, 9.17) is 4.74 Å². The maximum absolute atomic E-state index is 13.8. The van der Waals surface area contributed by atoms with Crippen LogP contribution >= 0.6 is 0 Å². The number of hydrogen-bond acceptors (Lipinski definition) is 3. The number of amides is 1. The van der Waals surface area contributed by atoms with Crippen molar-refractivity contribution in [1.29, 1.82) is 0 Å². The molecule has 0 radical (unpaired) electrons. The summed E-state index contributed by atoms with van der Waals surface area (Å²) in [4.78, 5) is 25.2. The van der Waals surface area contributed by atoms with Crippen LogP contribution < -0.4 is 0 Å². The summed E-state index contributed by atoms with van der Waals surface area (Å²) < 4.78 is 19.4. The van der Waals surface area contributed by atoms with E-state index in [-0.39, 0.29) is 28.9 Å². The lowest BCUT2D eigenvalue weighted by Gasteiger charge is -2.37. The predicted molar refractivity (Wildman–Crippen MR) is 109 cm³/mol. The number of hydrogen-bond donors (Lipinski definition) is 1. The van der Waals surface area contributed by atoms with Crippen molar-refractivity contribution < 1.29 is 18.7 Å². The van der Waals surface area contributed by atoms with Crippen LogP contribution in [-0.2, 0) is 4.74 Å². The molecule has 1 N–H and O–H groups in total. The quantitative estimate of drug-likeness (QED) is 0.686. The van der Waals surface area contributed by atoms with Crippen molar-refractivity contribution >= 4 is 14.4 Å². The Kier molecular flexibility index (Phi) is 6.12. The highest BCUT2D eigenvalue weighted by Crippen LogP contribution is 2.47. The molecular formula is C21H34FNO3Si. The van der Waals surface area contributed by atoms with Gasteiger partial charge in [0.25, 0.3) is 0 Å². The van der Waals surface area contributed by atoms with Gasteiger partial charge in [-0.15, -0.1) is 0 Å². The minimum absolute atomic E-state index is 0.173. The molecule has 0 aromatic heterocycles. The summed E-state index contributed by atoms with van der Waals surface area (Å²) in [5.74, 6) is -0.0657. The Balaban J connectivity index is 2.27. The van der Waals surface area contributed by atoms with Crippen molar-refractivity contribution in [3.05, 3.63) is 35.6 Å². The molecule has 1 saturated heterocycles. The van der Waals surface area contributed by atoms with Gasteiger partial charge in [0.2, 0.25) is 0 Å². The number of rotatable bonds is 4. The SMILES string of the molecule is CC(C)(C)OC(=O)N1C[C@H](CC(C)(C)[Si](C)(C)O)CC1c1cccc(F)c1. The second-order valence-corrected chi connectivity index (χ2v) is 14.4. The van der Waals surface area contributed by atoms with E-state index in [9.17, 15) is 14.0 Å². The number of carbonyl (C=O) groups is 1. The monoisotopic (exact) mass is 395 g/mol. The molecule has 2 atom stereocenters. The van der Waals surface area contributed by atoms with Crippen molar-refractivity contribution in [2.75, 3.05) is 6.54 Å². The Morgan fingerprint density at radius 2 is 1.93 bits per heavy atom. The Bertz CT molecular complexity index is 679. The number of likely N-dealkylation sites (tertiary alicyclic amines) is 1. The molecule has 1 heterocycles. The molecule has 1 aromatic rings. The molecular weight excluding hydrogens is 361 g/mol. The molecule has 1 aromatic carbocycles. The van der Waals surface area contributed by atoms with E-state index in [2.05, 4.69) is 13.8 Å². The number of benzene rings is 1. The largest absolute Gasteiger partial charge is 0.444 e. The van der Waals surface area contributed by atoms with Crippen LogP contribution in [0.15, 0.2) is 24.3 Å².